The molecule has 0 unspecified atom stereocenters. The third-order valence-electron chi connectivity index (χ3n) is 4.07. The molecule has 0 fully saturated rings. The van der Waals surface area contributed by atoms with Crippen molar-refractivity contribution in [3.8, 4) is 0 Å². The number of nitrogens with zero attached hydrogens (tertiary/aromatic N) is 3. The number of nitrogens with one attached hydrogen (secondary N) is 1. The van der Waals surface area contributed by atoms with Crippen molar-refractivity contribution >= 4 is 34.1 Å². The quantitative estimate of drug-likeness (QED) is 0.649. The number of fused-ring (bicyclic) bond motifs is 1. The van der Waals surface area contributed by atoms with Gasteiger partial charge in [-0.3, -0.25) is 0 Å². The van der Waals surface area contributed by atoms with Crippen molar-refractivity contribution in [2.24, 2.45) is 0 Å². The molecule has 0 aliphatic rings. The Labute approximate surface area is 150 Å². The van der Waals surface area contributed by atoms with Crippen LogP contribution in [-0.2, 0) is 6.61 Å². The number of carbonyl (C=O) groups is 1. The molecule has 0 saturated carbocycles. The summed E-state index contributed by atoms with van der Waals surface area (Å²) in [5.74, 6) is -0.255. The largest absolute Gasteiger partial charge is 0.476 e. The number of rotatable bonds is 5. The van der Waals surface area contributed by atoms with Crippen molar-refractivity contribution in [1.82, 2.24) is 9.97 Å². The van der Waals surface area contributed by atoms with Gasteiger partial charge in [0, 0.05) is 31.4 Å². The molecule has 0 bridgehead atoms. The summed E-state index contributed by atoms with van der Waals surface area (Å²) in [6.07, 6.45) is 1.35. The van der Waals surface area contributed by atoms with Crippen LogP contribution >= 0.6 is 0 Å². The number of pyridine rings is 2. The van der Waals surface area contributed by atoms with E-state index in [1.165, 1.54) is 6.20 Å². The molecule has 3 rings (SSSR count). The van der Waals surface area contributed by atoms with Crippen LogP contribution in [0.25, 0.3) is 10.9 Å². The van der Waals surface area contributed by atoms with Gasteiger partial charge in [-0.1, -0.05) is 0 Å². The first-order valence-electron chi connectivity index (χ1n) is 8.08. The lowest BCUT2D eigenvalue weighted by molar-refractivity contribution is 0.0691. The molecule has 26 heavy (non-hydrogen) atoms. The fraction of sp³-hybridized carbons (Fsp3) is 0.211. The van der Waals surface area contributed by atoms with Crippen molar-refractivity contribution in [2.75, 3.05) is 24.3 Å². The second-order valence-electron chi connectivity index (χ2n) is 6.25. The van der Waals surface area contributed by atoms with Crippen molar-refractivity contribution in [3.05, 3.63) is 53.3 Å². The van der Waals surface area contributed by atoms with Crippen LogP contribution in [0.15, 0.2) is 36.5 Å². The lowest BCUT2D eigenvalue weighted by atomic mass is 10.1. The highest BCUT2D eigenvalue weighted by Gasteiger charge is 2.13. The molecule has 3 N–H and O–H groups in total. The number of aliphatic hydroxyl groups is 1. The summed E-state index contributed by atoms with van der Waals surface area (Å²) in [5.41, 5.74) is 3.42. The molecule has 1 aromatic carbocycles. The SMILES string of the molecule is Cc1cc(N(C)C)nc2ccc(Nc3cc(CO)cnc3C(=O)O)cc12. The summed E-state index contributed by atoms with van der Waals surface area (Å²) >= 11 is 0. The first-order chi connectivity index (χ1) is 12.4. The number of aromatic nitrogens is 2. The minimum atomic E-state index is -1.13. The molecule has 7 nitrogen and oxygen atoms in total. The molecule has 3 aromatic rings. The average Bonchev–Trinajstić information content (AvgIpc) is 2.61. The first-order valence-corrected chi connectivity index (χ1v) is 8.08. The Morgan fingerprint density at radius 3 is 2.65 bits per heavy atom. The molecule has 0 aliphatic heterocycles. The summed E-state index contributed by atoms with van der Waals surface area (Å²) in [6.45, 7) is 1.80. The van der Waals surface area contributed by atoms with Crippen molar-refractivity contribution in [2.45, 2.75) is 13.5 Å². The van der Waals surface area contributed by atoms with E-state index in [1.807, 2.05) is 50.2 Å². The molecule has 0 amide bonds. The Kier molecular flexibility index (Phi) is 4.73. The van der Waals surface area contributed by atoms with E-state index in [1.54, 1.807) is 6.07 Å². The molecule has 0 saturated heterocycles. The highest BCUT2D eigenvalue weighted by molar-refractivity contribution is 5.94. The summed E-state index contributed by atoms with van der Waals surface area (Å²) in [7, 11) is 3.89. The highest BCUT2D eigenvalue weighted by atomic mass is 16.4. The maximum absolute atomic E-state index is 11.4. The standard InChI is InChI=1S/C19H20N4O3/c1-11-6-17(23(2)3)22-15-5-4-13(8-14(11)15)21-16-7-12(10-24)9-20-18(16)19(25)26/h4-9,21,24H,10H2,1-3H3,(H,25,26). The zero-order valence-corrected chi connectivity index (χ0v) is 14.8. The number of hydrogen-bond acceptors (Lipinski definition) is 6. The minimum absolute atomic E-state index is 0.0971. The van der Waals surface area contributed by atoms with E-state index < -0.39 is 5.97 Å². The first kappa shape index (κ1) is 17.6. The van der Waals surface area contributed by atoms with Crippen LogP contribution in [0.4, 0.5) is 17.2 Å². The second kappa shape index (κ2) is 6.97. The van der Waals surface area contributed by atoms with Gasteiger partial charge in [-0.2, -0.15) is 0 Å². The number of aliphatic hydroxyl groups excluding tert-OH is 1. The van der Waals surface area contributed by atoms with Crippen LogP contribution in [-0.4, -0.2) is 40.2 Å². The van der Waals surface area contributed by atoms with E-state index in [4.69, 9.17) is 0 Å². The zero-order chi connectivity index (χ0) is 18.8. The normalized spacial score (nSPS) is 10.8. The van der Waals surface area contributed by atoms with Crippen molar-refractivity contribution in [1.29, 1.82) is 0 Å². The van der Waals surface area contributed by atoms with Gasteiger partial charge in [0.1, 0.15) is 5.82 Å². The van der Waals surface area contributed by atoms with E-state index >= 15 is 0 Å². The molecule has 134 valence electrons. The third-order valence-corrected chi connectivity index (χ3v) is 4.07. The summed E-state index contributed by atoms with van der Waals surface area (Å²) in [4.78, 5) is 21.9. The lowest BCUT2D eigenvalue weighted by Gasteiger charge is -2.15. The lowest BCUT2D eigenvalue weighted by Crippen LogP contribution is -2.11. The minimum Gasteiger partial charge on any atom is -0.476 e. The summed E-state index contributed by atoms with van der Waals surface area (Å²) < 4.78 is 0. The molecule has 0 spiro atoms. The molecule has 7 heteroatoms. The Bertz CT molecular complexity index is 986. The van der Waals surface area contributed by atoms with Gasteiger partial charge in [-0.25, -0.2) is 14.8 Å². The van der Waals surface area contributed by atoms with Gasteiger partial charge in [-0.15, -0.1) is 0 Å². The molecular weight excluding hydrogens is 332 g/mol. The van der Waals surface area contributed by atoms with E-state index in [-0.39, 0.29) is 12.3 Å². The van der Waals surface area contributed by atoms with Crippen LogP contribution < -0.4 is 10.2 Å². The summed E-state index contributed by atoms with van der Waals surface area (Å²) in [6, 6.07) is 9.24. The maximum Gasteiger partial charge on any atom is 0.356 e. The molecule has 0 aliphatic carbocycles. The van der Waals surface area contributed by atoms with Crippen LogP contribution in [0.1, 0.15) is 21.6 Å². The fourth-order valence-corrected chi connectivity index (χ4v) is 2.70. The molecule has 2 heterocycles. The number of carboxylic acid groups (broad SMARTS) is 1. The molecule has 2 aromatic heterocycles. The van der Waals surface area contributed by atoms with E-state index in [0.717, 1.165) is 28.0 Å². The predicted molar refractivity (Wildman–Crippen MR) is 101 cm³/mol. The van der Waals surface area contributed by atoms with Crippen molar-refractivity contribution < 1.29 is 15.0 Å². The fourth-order valence-electron chi connectivity index (χ4n) is 2.70. The van der Waals surface area contributed by atoms with E-state index in [0.29, 0.717) is 11.3 Å². The Balaban J connectivity index is 2.03. The maximum atomic E-state index is 11.4. The smallest absolute Gasteiger partial charge is 0.356 e. The number of benzene rings is 1. The molecule has 0 radical (unpaired) electrons. The van der Waals surface area contributed by atoms with Crippen LogP contribution in [0.5, 0.6) is 0 Å². The van der Waals surface area contributed by atoms with Gasteiger partial charge in [0.25, 0.3) is 0 Å². The van der Waals surface area contributed by atoms with Crippen molar-refractivity contribution in [3.63, 3.8) is 0 Å². The van der Waals surface area contributed by atoms with Gasteiger partial charge in [0.2, 0.25) is 0 Å². The van der Waals surface area contributed by atoms with Crippen LogP contribution in [0.3, 0.4) is 0 Å². The monoisotopic (exact) mass is 352 g/mol. The predicted octanol–water partition coefficient (Wildman–Crippen LogP) is 2.94. The van der Waals surface area contributed by atoms with Gasteiger partial charge in [0.05, 0.1) is 17.8 Å². The second-order valence-corrected chi connectivity index (χ2v) is 6.25. The Morgan fingerprint density at radius 2 is 2.00 bits per heavy atom. The number of aromatic carboxylic acids is 1. The number of carboxylic acids is 1. The third kappa shape index (κ3) is 3.43. The van der Waals surface area contributed by atoms with Gasteiger partial charge < -0.3 is 20.4 Å². The number of aryl methyl sites for hydroxylation is 1. The average molecular weight is 352 g/mol. The molecule has 0 atom stereocenters. The number of anilines is 3. The van der Waals surface area contributed by atoms with Crippen LogP contribution in [0.2, 0.25) is 0 Å². The zero-order valence-electron chi connectivity index (χ0n) is 14.8. The Morgan fingerprint density at radius 1 is 1.23 bits per heavy atom. The number of hydrogen-bond donors (Lipinski definition) is 3. The van der Waals surface area contributed by atoms with Gasteiger partial charge in [-0.05, 0) is 48.4 Å². The summed E-state index contributed by atoms with van der Waals surface area (Å²) in [5, 5.41) is 22.7. The van der Waals surface area contributed by atoms with Gasteiger partial charge >= 0.3 is 5.97 Å². The topological polar surface area (TPSA) is 98.6 Å². The van der Waals surface area contributed by atoms with E-state index in [2.05, 4.69) is 15.3 Å². The highest BCUT2D eigenvalue weighted by Crippen LogP contribution is 2.27. The van der Waals surface area contributed by atoms with E-state index in [9.17, 15) is 15.0 Å². The molecular formula is C19H20N4O3. The van der Waals surface area contributed by atoms with Gasteiger partial charge in [0.15, 0.2) is 5.69 Å². The van der Waals surface area contributed by atoms with Crippen LogP contribution in [0, 0.1) is 6.92 Å². The Hall–Kier alpha value is -3.19.